The molecule has 8 heteroatoms. The van der Waals surface area contributed by atoms with Crippen LogP contribution < -0.4 is 10.0 Å². The van der Waals surface area contributed by atoms with Gasteiger partial charge in [0.05, 0.1) is 18.3 Å². The van der Waals surface area contributed by atoms with Crippen LogP contribution in [0.25, 0.3) is 0 Å². The first-order valence-electron chi connectivity index (χ1n) is 5.79. The van der Waals surface area contributed by atoms with E-state index in [0.29, 0.717) is 23.9 Å². The molecule has 0 radical (unpaired) electrons. The number of hydrogen-bond donors (Lipinski definition) is 2. The van der Waals surface area contributed by atoms with Crippen molar-refractivity contribution in [2.75, 3.05) is 18.5 Å². The summed E-state index contributed by atoms with van der Waals surface area (Å²) in [6.07, 6.45) is 0.792. The summed E-state index contributed by atoms with van der Waals surface area (Å²) in [7, 11) is -3.62. The van der Waals surface area contributed by atoms with Crippen molar-refractivity contribution < 1.29 is 13.2 Å². The highest BCUT2D eigenvalue weighted by Gasteiger charge is 2.27. The summed E-state index contributed by atoms with van der Waals surface area (Å²) in [6.45, 7) is 1.17. The maximum Gasteiger partial charge on any atom is 0.266 e. The van der Waals surface area contributed by atoms with Crippen LogP contribution in [0.15, 0.2) is 28.1 Å². The zero-order valence-electron chi connectivity index (χ0n) is 9.89. The van der Waals surface area contributed by atoms with Crippen molar-refractivity contribution in [3.05, 3.63) is 23.2 Å². The fourth-order valence-corrected chi connectivity index (χ4v) is 3.42. The molecule has 2 aliphatic rings. The highest BCUT2D eigenvalue weighted by Crippen LogP contribution is 2.27. The molecule has 0 aliphatic carbocycles. The number of anilines is 1. The van der Waals surface area contributed by atoms with Crippen LogP contribution in [0, 0.1) is 0 Å². The minimum Gasteiger partial charge on any atom is -0.379 e. The molecule has 2 heterocycles. The average molecular weight is 302 g/mol. The van der Waals surface area contributed by atoms with Crippen molar-refractivity contribution >= 4 is 33.3 Å². The number of aliphatic imine (C=N–C) groups is 1. The van der Waals surface area contributed by atoms with Crippen molar-refractivity contribution in [1.82, 2.24) is 4.72 Å². The van der Waals surface area contributed by atoms with Crippen molar-refractivity contribution in [3.8, 4) is 0 Å². The number of hydrogen-bond acceptors (Lipinski definition) is 4. The first-order valence-corrected chi connectivity index (χ1v) is 7.66. The van der Waals surface area contributed by atoms with E-state index < -0.39 is 10.0 Å². The molecule has 6 nitrogen and oxygen atoms in total. The van der Waals surface area contributed by atoms with E-state index in [9.17, 15) is 8.42 Å². The Morgan fingerprint density at radius 3 is 3.00 bits per heavy atom. The van der Waals surface area contributed by atoms with Crippen molar-refractivity contribution in [3.63, 3.8) is 0 Å². The molecule has 1 saturated heterocycles. The van der Waals surface area contributed by atoms with Gasteiger partial charge in [-0.1, -0.05) is 11.6 Å². The number of fused-ring (bicyclic) bond motifs is 1. The lowest BCUT2D eigenvalue weighted by atomic mass is 10.3. The molecule has 1 fully saturated rings. The first kappa shape index (κ1) is 12.7. The van der Waals surface area contributed by atoms with Gasteiger partial charge in [0.25, 0.3) is 10.0 Å². The summed E-state index contributed by atoms with van der Waals surface area (Å²) >= 11 is 5.81. The van der Waals surface area contributed by atoms with Crippen LogP contribution in [-0.4, -0.2) is 33.6 Å². The highest BCUT2D eigenvalue weighted by molar-refractivity contribution is 7.90. The van der Waals surface area contributed by atoms with Crippen LogP contribution in [0.2, 0.25) is 5.02 Å². The van der Waals surface area contributed by atoms with Gasteiger partial charge in [0.2, 0.25) is 5.96 Å². The van der Waals surface area contributed by atoms with E-state index in [0.717, 1.165) is 6.42 Å². The van der Waals surface area contributed by atoms with Crippen molar-refractivity contribution in [1.29, 1.82) is 0 Å². The van der Waals surface area contributed by atoms with E-state index in [1.54, 1.807) is 12.1 Å². The third kappa shape index (κ3) is 2.54. The molecular weight excluding hydrogens is 290 g/mol. The molecule has 2 aliphatic heterocycles. The second kappa shape index (κ2) is 4.66. The monoisotopic (exact) mass is 301 g/mol. The molecular formula is C11H12ClN3O3S. The topological polar surface area (TPSA) is 79.8 Å². The normalized spacial score (nSPS) is 26.6. The van der Waals surface area contributed by atoms with Crippen molar-refractivity contribution in [2.45, 2.75) is 17.4 Å². The largest absolute Gasteiger partial charge is 0.379 e. The highest BCUT2D eigenvalue weighted by atomic mass is 35.5. The van der Waals surface area contributed by atoms with Gasteiger partial charge in [-0.25, -0.2) is 18.1 Å². The molecule has 102 valence electrons. The van der Waals surface area contributed by atoms with E-state index in [1.165, 1.54) is 6.07 Å². The minimum absolute atomic E-state index is 0.0148. The quantitative estimate of drug-likeness (QED) is 0.816. The fourth-order valence-electron chi connectivity index (χ4n) is 2.02. The Labute approximate surface area is 115 Å². The lowest BCUT2D eigenvalue weighted by Crippen LogP contribution is -2.41. The summed E-state index contributed by atoms with van der Waals surface area (Å²) in [4.78, 5) is 4.44. The first-order chi connectivity index (χ1) is 9.04. The van der Waals surface area contributed by atoms with Gasteiger partial charge in [-0.3, -0.25) is 0 Å². The third-order valence-corrected chi connectivity index (χ3v) is 4.55. The molecule has 19 heavy (non-hydrogen) atoms. The molecule has 1 atom stereocenters. The molecule has 2 N–H and O–H groups in total. The van der Waals surface area contributed by atoms with Gasteiger partial charge in [-0.05, 0) is 24.6 Å². The standard InChI is InChI=1S/C11H12ClN3O3S/c12-7-1-2-9-10(5-7)19(16,17)15-11(14-9)13-8-3-4-18-6-8/h1-2,5,8H,3-4,6H2,(H2,13,14,15). The second-order valence-corrected chi connectivity index (χ2v) is 6.45. The van der Waals surface area contributed by atoms with Gasteiger partial charge in [-0.2, -0.15) is 0 Å². The predicted octanol–water partition coefficient (Wildman–Crippen LogP) is 1.19. The van der Waals surface area contributed by atoms with E-state index in [2.05, 4.69) is 15.0 Å². The SMILES string of the molecule is O=S1(=O)NC(=NC2CCOC2)Nc2ccc(Cl)cc21. The summed E-state index contributed by atoms with van der Waals surface area (Å²) in [5.74, 6) is 0.227. The number of nitrogens with zero attached hydrogens (tertiary/aromatic N) is 1. The molecule has 3 rings (SSSR count). The lowest BCUT2D eigenvalue weighted by Gasteiger charge is -2.22. The van der Waals surface area contributed by atoms with Crippen molar-refractivity contribution in [2.24, 2.45) is 4.99 Å². The minimum atomic E-state index is -3.62. The molecule has 1 aromatic rings. The number of ether oxygens (including phenoxy) is 1. The zero-order chi connectivity index (χ0) is 13.5. The Morgan fingerprint density at radius 1 is 1.42 bits per heavy atom. The number of sulfonamides is 1. The van der Waals surface area contributed by atoms with Gasteiger partial charge in [0, 0.05) is 11.6 Å². The van der Waals surface area contributed by atoms with Gasteiger partial charge in [-0.15, -0.1) is 0 Å². The van der Waals surface area contributed by atoms with Crippen LogP contribution in [0.1, 0.15) is 6.42 Å². The fraction of sp³-hybridized carbons (Fsp3) is 0.364. The Balaban J connectivity index is 1.97. The van der Waals surface area contributed by atoms with Crippen LogP contribution >= 0.6 is 11.6 Å². The maximum atomic E-state index is 12.1. The molecule has 0 saturated carbocycles. The lowest BCUT2D eigenvalue weighted by molar-refractivity contribution is 0.194. The molecule has 0 bridgehead atoms. The van der Waals surface area contributed by atoms with Gasteiger partial charge >= 0.3 is 0 Å². The summed E-state index contributed by atoms with van der Waals surface area (Å²) < 4.78 is 31.8. The summed E-state index contributed by atoms with van der Waals surface area (Å²) in [5.41, 5.74) is 0.473. The Bertz CT molecular complexity index is 639. The molecule has 1 aromatic carbocycles. The summed E-state index contributed by atoms with van der Waals surface area (Å²) in [5, 5.41) is 3.32. The van der Waals surface area contributed by atoms with Crippen LogP contribution in [0.5, 0.6) is 0 Å². The predicted molar refractivity (Wildman–Crippen MR) is 72.1 cm³/mol. The third-order valence-electron chi connectivity index (χ3n) is 2.93. The Hall–Kier alpha value is -1.31. The molecule has 1 unspecified atom stereocenters. The average Bonchev–Trinajstić information content (AvgIpc) is 2.82. The van der Waals surface area contributed by atoms with Gasteiger partial charge in [0.15, 0.2) is 0 Å². The summed E-state index contributed by atoms with van der Waals surface area (Å²) in [6, 6.07) is 4.64. The molecule has 0 aromatic heterocycles. The second-order valence-electron chi connectivity index (χ2n) is 4.37. The van der Waals surface area contributed by atoms with E-state index >= 15 is 0 Å². The number of nitrogens with one attached hydrogen (secondary N) is 2. The smallest absolute Gasteiger partial charge is 0.266 e. The van der Waals surface area contributed by atoms with Gasteiger partial charge < -0.3 is 10.1 Å². The maximum absolute atomic E-state index is 12.1. The van der Waals surface area contributed by atoms with E-state index in [4.69, 9.17) is 16.3 Å². The zero-order valence-corrected chi connectivity index (χ0v) is 11.5. The number of guanidine groups is 1. The Kier molecular flexibility index (Phi) is 3.12. The van der Waals surface area contributed by atoms with Gasteiger partial charge in [0.1, 0.15) is 4.90 Å². The van der Waals surface area contributed by atoms with E-state index in [1.807, 2.05) is 0 Å². The van der Waals surface area contributed by atoms with Crippen LogP contribution in [0.3, 0.4) is 0 Å². The van der Waals surface area contributed by atoms with Crippen LogP contribution in [0.4, 0.5) is 5.69 Å². The number of rotatable bonds is 1. The van der Waals surface area contributed by atoms with E-state index in [-0.39, 0.29) is 16.9 Å². The number of benzene rings is 1. The molecule has 0 amide bonds. The number of halogens is 1. The Morgan fingerprint density at radius 2 is 2.26 bits per heavy atom. The molecule has 0 spiro atoms. The van der Waals surface area contributed by atoms with Crippen LogP contribution in [-0.2, 0) is 14.8 Å².